The smallest absolute Gasteiger partial charge is 0.223 e. The molecule has 1 aliphatic carbocycles. The van der Waals surface area contributed by atoms with Crippen molar-refractivity contribution >= 4 is 34.8 Å². The lowest BCUT2D eigenvalue weighted by Crippen LogP contribution is -2.33. The summed E-state index contributed by atoms with van der Waals surface area (Å²) >= 11 is 3.57. The third-order valence-electron chi connectivity index (χ3n) is 4.26. The van der Waals surface area contributed by atoms with Gasteiger partial charge in [-0.25, -0.2) is 0 Å². The van der Waals surface area contributed by atoms with Crippen molar-refractivity contribution in [3.8, 4) is 0 Å². The molecule has 2 unspecified atom stereocenters. The molecule has 0 bridgehead atoms. The Bertz CT molecular complexity index is 473. The molecule has 2 atom stereocenters. The van der Waals surface area contributed by atoms with Crippen LogP contribution in [0, 0.1) is 11.8 Å². The number of thioether (sulfide) groups is 1. The number of hydrogen-bond acceptors (Lipinski definition) is 4. The summed E-state index contributed by atoms with van der Waals surface area (Å²) in [4.78, 5) is 23.9. The van der Waals surface area contributed by atoms with Crippen LogP contribution in [0.15, 0.2) is 16.8 Å². The zero-order chi connectivity index (χ0) is 15.8. The molecule has 1 amide bonds. The lowest BCUT2D eigenvalue weighted by Gasteiger charge is -2.17. The lowest BCUT2D eigenvalue weighted by molar-refractivity contribution is -0.126. The molecule has 3 nitrogen and oxygen atoms in total. The molecule has 1 N–H and O–H groups in total. The minimum atomic E-state index is 0.0262. The first-order valence-electron chi connectivity index (χ1n) is 8.04. The molecule has 1 aliphatic rings. The van der Waals surface area contributed by atoms with Gasteiger partial charge in [0.1, 0.15) is 5.78 Å². The second-order valence-electron chi connectivity index (χ2n) is 6.00. The van der Waals surface area contributed by atoms with Gasteiger partial charge >= 0.3 is 0 Å². The minimum Gasteiger partial charge on any atom is -0.355 e. The molecule has 22 heavy (non-hydrogen) atoms. The van der Waals surface area contributed by atoms with Gasteiger partial charge in [-0.1, -0.05) is 12.8 Å². The number of carbonyl (C=O) groups excluding carboxylic acids is 2. The number of ketones is 1. The standard InChI is InChI=1S/C17H25NO2S2/c1-13(19)15-4-2-3-5-16(10-15)17(20)18-7-9-22-12-14-6-8-21-11-14/h6,8,11,15-16H,2-5,7,9-10,12H2,1H3,(H,18,20). The highest BCUT2D eigenvalue weighted by Crippen LogP contribution is 2.28. The number of carbonyl (C=O) groups is 2. The number of Topliss-reactive ketones (excluding diaryl/α,β-unsaturated/α-hetero) is 1. The van der Waals surface area contributed by atoms with Crippen LogP contribution in [0.4, 0.5) is 0 Å². The van der Waals surface area contributed by atoms with Gasteiger partial charge in [0.2, 0.25) is 5.91 Å². The van der Waals surface area contributed by atoms with Crippen LogP contribution in [0.5, 0.6) is 0 Å². The molecule has 0 aromatic carbocycles. The zero-order valence-electron chi connectivity index (χ0n) is 13.2. The highest BCUT2D eigenvalue weighted by Gasteiger charge is 2.27. The van der Waals surface area contributed by atoms with Crippen LogP contribution >= 0.6 is 23.1 Å². The Morgan fingerprint density at radius 1 is 1.32 bits per heavy atom. The van der Waals surface area contributed by atoms with Gasteiger partial charge in [-0.15, -0.1) is 0 Å². The quantitative estimate of drug-likeness (QED) is 0.606. The van der Waals surface area contributed by atoms with Crippen molar-refractivity contribution < 1.29 is 9.59 Å². The summed E-state index contributed by atoms with van der Waals surface area (Å²) in [6, 6.07) is 2.14. The van der Waals surface area contributed by atoms with Gasteiger partial charge in [0.05, 0.1) is 0 Å². The maximum atomic E-state index is 12.3. The van der Waals surface area contributed by atoms with Crippen LogP contribution in [0.3, 0.4) is 0 Å². The molecule has 1 fully saturated rings. The molecule has 2 rings (SSSR count). The fourth-order valence-corrected chi connectivity index (χ4v) is 4.50. The van der Waals surface area contributed by atoms with E-state index in [-0.39, 0.29) is 23.5 Å². The van der Waals surface area contributed by atoms with Crippen molar-refractivity contribution in [3.63, 3.8) is 0 Å². The van der Waals surface area contributed by atoms with E-state index >= 15 is 0 Å². The number of hydrogen-bond donors (Lipinski definition) is 1. The Balaban J connectivity index is 1.66. The molecule has 1 saturated carbocycles. The average Bonchev–Trinajstić information content (AvgIpc) is 2.88. The summed E-state index contributed by atoms with van der Waals surface area (Å²) in [7, 11) is 0. The Kier molecular flexibility index (Phi) is 7.46. The normalized spacial score (nSPS) is 22.0. The van der Waals surface area contributed by atoms with Crippen LogP contribution in [0.2, 0.25) is 0 Å². The monoisotopic (exact) mass is 339 g/mol. The number of nitrogens with one attached hydrogen (secondary N) is 1. The van der Waals surface area contributed by atoms with Crippen molar-refractivity contribution in [1.29, 1.82) is 0 Å². The van der Waals surface area contributed by atoms with Crippen LogP contribution in [0.1, 0.15) is 44.6 Å². The molecule has 0 spiro atoms. The van der Waals surface area contributed by atoms with E-state index in [4.69, 9.17) is 0 Å². The second-order valence-corrected chi connectivity index (χ2v) is 7.89. The van der Waals surface area contributed by atoms with Crippen LogP contribution in [0.25, 0.3) is 0 Å². The van der Waals surface area contributed by atoms with E-state index in [1.807, 2.05) is 11.8 Å². The maximum Gasteiger partial charge on any atom is 0.223 e. The third kappa shape index (κ3) is 5.76. The average molecular weight is 340 g/mol. The van der Waals surface area contributed by atoms with Crippen molar-refractivity contribution in [3.05, 3.63) is 22.4 Å². The predicted molar refractivity (Wildman–Crippen MR) is 94.2 cm³/mol. The van der Waals surface area contributed by atoms with Gasteiger partial charge in [0.25, 0.3) is 0 Å². The second kappa shape index (κ2) is 9.36. The summed E-state index contributed by atoms with van der Waals surface area (Å²) in [5, 5.41) is 7.31. The van der Waals surface area contributed by atoms with Crippen molar-refractivity contribution in [2.75, 3.05) is 12.3 Å². The Morgan fingerprint density at radius 3 is 2.77 bits per heavy atom. The van der Waals surface area contributed by atoms with E-state index < -0.39 is 0 Å². The molecular formula is C17H25NO2S2. The van der Waals surface area contributed by atoms with Gasteiger partial charge in [-0.05, 0) is 48.6 Å². The van der Waals surface area contributed by atoms with E-state index in [2.05, 4.69) is 22.1 Å². The lowest BCUT2D eigenvalue weighted by atomic mass is 9.90. The summed E-state index contributed by atoms with van der Waals surface area (Å²) in [6.45, 7) is 2.38. The van der Waals surface area contributed by atoms with Gasteiger partial charge in [-0.2, -0.15) is 23.1 Å². The van der Waals surface area contributed by atoms with Crippen LogP contribution < -0.4 is 5.32 Å². The molecule has 0 saturated heterocycles. The van der Waals surface area contributed by atoms with Crippen LogP contribution in [-0.2, 0) is 15.3 Å². The highest BCUT2D eigenvalue weighted by molar-refractivity contribution is 7.98. The minimum absolute atomic E-state index is 0.0262. The summed E-state index contributed by atoms with van der Waals surface area (Å²) in [5.41, 5.74) is 1.36. The topological polar surface area (TPSA) is 46.2 Å². The molecule has 1 aromatic rings. The molecule has 1 aromatic heterocycles. The van der Waals surface area contributed by atoms with Gasteiger partial charge in [-0.3, -0.25) is 9.59 Å². The molecule has 122 valence electrons. The van der Waals surface area contributed by atoms with E-state index in [1.165, 1.54) is 5.56 Å². The predicted octanol–water partition coefficient (Wildman–Crippen LogP) is 3.88. The van der Waals surface area contributed by atoms with Gasteiger partial charge < -0.3 is 5.32 Å². The molecule has 0 aliphatic heterocycles. The van der Waals surface area contributed by atoms with E-state index in [0.29, 0.717) is 0 Å². The van der Waals surface area contributed by atoms with E-state index in [9.17, 15) is 9.59 Å². The summed E-state index contributed by atoms with van der Waals surface area (Å²) in [6.07, 6.45) is 4.76. The number of thiophene rings is 1. The molecular weight excluding hydrogens is 314 g/mol. The largest absolute Gasteiger partial charge is 0.355 e. The maximum absolute atomic E-state index is 12.3. The number of rotatable bonds is 7. The molecule has 1 heterocycles. The zero-order valence-corrected chi connectivity index (χ0v) is 14.8. The first-order chi connectivity index (χ1) is 10.7. The van der Waals surface area contributed by atoms with E-state index in [0.717, 1.165) is 50.2 Å². The van der Waals surface area contributed by atoms with Crippen molar-refractivity contribution in [2.24, 2.45) is 11.8 Å². The fourth-order valence-electron chi connectivity index (χ4n) is 2.92. The summed E-state index contributed by atoms with van der Waals surface area (Å²) in [5.74, 6) is 2.44. The SMILES string of the molecule is CC(=O)C1CCCCC(C(=O)NCCSCc2ccsc2)C1. The van der Waals surface area contributed by atoms with E-state index in [1.54, 1.807) is 18.3 Å². The Labute approximate surface area is 141 Å². The highest BCUT2D eigenvalue weighted by atomic mass is 32.2. The van der Waals surface area contributed by atoms with Gasteiger partial charge in [0, 0.05) is 29.9 Å². The number of amides is 1. The fraction of sp³-hybridized carbons (Fsp3) is 0.647. The van der Waals surface area contributed by atoms with Crippen molar-refractivity contribution in [2.45, 2.75) is 44.8 Å². The molecule has 0 radical (unpaired) electrons. The van der Waals surface area contributed by atoms with Crippen LogP contribution in [-0.4, -0.2) is 24.0 Å². The Hall–Kier alpha value is -0.810. The van der Waals surface area contributed by atoms with Crippen molar-refractivity contribution in [1.82, 2.24) is 5.32 Å². The first kappa shape index (κ1) is 17.5. The van der Waals surface area contributed by atoms with Gasteiger partial charge in [0.15, 0.2) is 0 Å². The summed E-state index contributed by atoms with van der Waals surface area (Å²) < 4.78 is 0. The first-order valence-corrected chi connectivity index (χ1v) is 10.1. The Morgan fingerprint density at radius 2 is 2.09 bits per heavy atom. The molecule has 5 heteroatoms. The third-order valence-corrected chi connectivity index (χ3v) is 6.03.